The van der Waals surface area contributed by atoms with E-state index < -0.39 is 16.1 Å². The summed E-state index contributed by atoms with van der Waals surface area (Å²) in [5.41, 5.74) is 0. The van der Waals surface area contributed by atoms with Gasteiger partial charge in [0.1, 0.15) is 0 Å². The third-order valence-corrected chi connectivity index (χ3v) is 5.19. The highest BCUT2D eigenvalue weighted by Gasteiger charge is 2.24. The Hall–Kier alpha value is -0.690. The Morgan fingerprint density at radius 2 is 1.48 bits per heavy atom. The van der Waals surface area contributed by atoms with Crippen molar-refractivity contribution in [2.45, 2.75) is 64.7 Å². The lowest BCUT2D eigenvalue weighted by atomic mass is 10.1. The summed E-state index contributed by atoms with van der Waals surface area (Å²) in [4.78, 5) is 12.7. The fourth-order valence-corrected chi connectivity index (χ4v) is 2.78. The fraction of sp³-hybridized carbons (Fsp3) is 0.857. The van der Waals surface area contributed by atoms with Gasteiger partial charge in [0.25, 0.3) is 0 Å². The molecule has 0 aromatic rings. The molecular weight excluding hydrogens is 310 g/mol. The van der Waals surface area contributed by atoms with Crippen LogP contribution < -0.4 is 0 Å². The molecule has 0 amide bonds. The van der Waals surface area contributed by atoms with Crippen LogP contribution in [0.3, 0.4) is 0 Å². The molecule has 0 saturated carbocycles. The average molecular weight is 338 g/mol. The first kappa shape index (κ1) is 20.3. The molecule has 0 bridgehead atoms. The van der Waals surface area contributed by atoms with Crippen LogP contribution >= 0.6 is 12.2 Å². The zero-order valence-electron chi connectivity index (χ0n) is 13.3. The van der Waals surface area contributed by atoms with Crippen LogP contribution in [0.2, 0.25) is 0 Å². The van der Waals surface area contributed by atoms with Gasteiger partial charge in [-0.3, -0.25) is 4.79 Å². The van der Waals surface area contributed by atoms with E-state index in [1.165, 1.54) is 44.7 Å². The molecule has 0 heterocycles. The quantitative estimate of drug-likeness (QED) is 0.366. The van der Waals surface area contributed by atoms with Gasteiger partial charge in [-0.1, -0.05) is 51.9 Å². The highest BCUT2D eigenvalue weighted by molar-refractivity contribution is 8.14. The smallest absolute Gasteiger partial charge is 0.357 e. The summed E-state index contributed by atoms with van der Waals surface area (Å²) in [5.74, 6) is -0.731. The number of hydrogen-bond acceptors (Lipinski definition) is 5. The van der Waals surface area contributed by atoms with Crippen LogP contribution in [0, 0.1) is 0 Å². The zero-order valence-corrected chi connectivity index (χ0v) is 14.9. The molecule has 0 unspecified atom stereocenters. The normalized spacial score (nSPS) is 11.2. The Labute approximate surface area is 134 Å². The summed E-state index contributed by atoms with van der Waals surface area (Å²) >= 11 is 4.70. The first-order valence-corrected chi connectivity index (χ1v) is 9.31. The van der Waals surface area contributed by atoms with Crippen molar-refractivity contribution >= 4 is 32.6 Å². The van der Waals surface area contributed by atoms with E-state index in [2.05, 4.69) is 11.1 Å². The van der Waals surface area contributed by atoms with Crippen molar-refractivity contribution in [2.24, 2.45) is 0 Å². The fourth-order valence-electron chi connectivity index (χ4n) is 1.83. The molecular formula is C14H27NO4S2. The van der Waals surface area contributed by atoms with Gasteiger partial charge < -0.3 is 9.08 Å². The van der Waals surface area contributed by atoms with E-state index >= 15 is 0 Å². The minimum Gasteiger partial charge on any atom is -0.357 e. The van der Waals surface area contributed by atoms with Crippen molar-refractivity contribution in [1.29, 1.82) is 0 Å². The van der Waals surface area contributed by atoms with Gasteiger partial charge in [0, 0.05) is 20.5 Å². The third-order valence-electron chi connectivity index (χ3n) is 3.02. The number of rotatable bonds is 9. The van der Waals surface area contributed by atoms with Crippen LogP contribution in [0.4, 0.5) is 0 Å². The van der Waals surface area contributed by atoms with Crippen molar-refractivity contribution in [3.05, 3.63) is 0 Å². The molecule has 0 N–H and O–H groups in total. The van der Waals surface area contributed by atoms with E-state index in [9.17, 15) is 13.2 Å². The molecule has 0 aliphatic heterocycles. The van der Waals surface area contributed by atoms with Crippen LogP contribution in [-0.4, -0.2) is 37.7 Å². The number of thiocarbonyl (C=S) groups is 1. The summed E-state index contributed by atoms with van der Waals surface area (Å²) in [6.07, 6.45) is 8.91. The largest absolute Gasteiger partial charge is 0.368 e. The van der Waals surface area contributed by atoms with Gasteiger partial charge in [-0.15, -0.1) is 0 Å². The molecule has 0 aromatic heterocycles. The predicted octanol–water partition coefficient (Wildman–Crippen LogP) is 3.24. The van der Waals surface area contributed by atoms with Gasteiger partial charge >= 0.3 is 16.1 Å². The van der Waals surface area contributed by atoms with Crippen molar-refractivity contribution < 1.29 is 17.4 Å². The number of nitrogens with zero attached hydrogens (tertiary/aromatic N) is 1. The molecule has 0 radical (unpaired) electrons. The molecule has 0 atom stereocenters. The van der Waals surface area contributed by atoms with E-state index in [4.69, 9.17) is 12.2 Å². The SMILES string of the molecule is CCCCCCCCCCC(=O)OS(=O)(=O)C(=S)N(C)C. The van der Waals surface area contributed by atoms with E-state index in [0.717, 1.165) is 19.3 Å². The van der Waals surface area contributed by atoms with Crippen LogP contribution in [0.15, 0.2) is 0 Å². The van der Waals surface area contributed by atoms with Crippen LogP contribution in [0.25, 0.3) is 0 Å². The van der Waals surface area contributed by atoms with Gasteiger partial charge in [-0.2, -0.15) is 8.42 Å². The minimum atomic E-state index is -4.11. The second-order valence-electron chi connectivity index (χ2n) is 5.29. The second-order valence-corrected chi connectivity index (χ2v) is 7.40. The van der Waals surface area contributed by atoms with Gasteiger partial charge in [0.15, 0.2) is 0 Å². The van der Waals surface area contributed by atoms with Crippen molar-refractivity contribution in [3.8, 4) is 0 Å². The van der Waals surface area contributed by atoms with Gasteiger partial charge in [0.05, 0.1) is 0 Å². The van der Waals surface area contributed by atoms with Crippen LogP contribution in [-0.2, 0) is 19.1 Å². The lowest BCUT2D eigenvalue weighted by Gasteiger charge is -2.13. The second kappa shape index (κ2) is 11.0. The monoisotopic (exact) mass is 337 g/mol. The molecule has 124 valence electrons. The summed E-state index contributed by atoms with van der Waals surface area (Å²) in [5, 5.41) is 0. The van der Waals surface area contributed by atoms with Gasteiger partial charge in [-0.05, 0) is 18.6 Å². The minimum absolute atomic E-state index is 0.115. The molecule has 0 saturated heterocycles. The standard InChI is InChI=1S/C14H27NO4S2/c1-4-5-6-7-8-9-10-11-12-13(16)19-21(17,18)14(20)15(2)3/h4-12H2,1-3H3. The summed E-state index contributed by atoms with van der Waals surface area (Å²) in [6.45, 7) is 2.18. The van der Waals surface area contributed by atoms with Crippen molar-refractivity contribution in [1.82, 2.24) is 4.90 Å². The highest BCUT2D eigenvalue weighted by Crippen LogP contribution is 2.11. The summed E-state index contributed by atoms with van der Waals surface area (Å²) in [7, 11) is -1.12. The molecule has 0 aliphatic carbocycles. The van der Waals surface area contributed by atoms with Crippen LogP contribution in [0.5, 0.6) is 0 Å². The summed E-state index contributed by atoms with van der Waals surface area (Å²) < 4.78 is 27.3. The molecule has 0 aromatic carbocycles. The molecule has 5 nitrogen and oxygen atoms in total. The first-order chi connectivity index (χ1) is 9.81. The topological polar surface area (TPSA) is 63.7 Å². The molecule has 0 rings (SSSR count). The van der Waals surface area contributed by atoms with E-state index in [1.807, 2.05) is 0 Å². The molecule has 0 fully saturated rings. The van der Waals surface area contributed by atoms with Crippen molar-refractivity contribution in [2.75, 3.05) is 14.1 Å². The Balaban J connectivity index is 3.79. The number of carbonyl (C=O) groups is 1. The maximum absolute atomic E-state index is 11.6. The maximum Gasteiger partial charge on any atom is 0.368 e. The number of unbranched alkanes of at least 4 members (excludes halogenated alkanes) is 7. The van der Waals surface area contributed by atoms with Gasteiger partial charge in [0.2, 0.25) is 4.32 Å². The molecule has 7 heteroatoms. The number of hydrogen-bond donors (Lipinski definition) is 0. The first-order valence-electron chi connectivity index (χ1n) is 7.50. The van der Waals surface area contributed by atoms with Crippen LogP contribution in [0.1, 0.15) is 64.7 Å². The molecule has 21 heavy (non-hydrogen) atoms. The Morgan fingerprint density at radius 3 is 1.95 bits per heavy atom. The van der Waals surface area contributed by atoms with Crippen molar-refractivity contribution in [3.63, 3.8) is 0 Å². The molecule has 0 spiro atoms. The highest BCUT2D eigenvalue weighted by atomic mass is 32.2. The average Bonchev–Trinajstić information content (AvgIpc) is 2.40. The van der Waals surface area contributed by atoms with E-state index in [-0.39, 0.29) is 10.7 Å². The molecule has 0 aliphatic rings. The lowest BCUT2D eigenvalue weighted by molar-refractivity contribution is -0.133. The Bertz CT molecular complexity index is 419. The third kappa shape index (κ3) is 9.79. The van der Waals surface area contributed by atoms with E-state index in [0.29, 0.717) is 6.42 Å². The Morgan fingerprint density at radius 1 is 1.00 bits per heavy atom. The zero-order chi connectivity index (χ0) is 16.3. The van der Waals surface area contributed by atoms with E-state index in [1.54, 1.807) is 0 Å². The summed E-state index contributed by atoms with van der Waals surface area (Å²) in [6, 6.07) is 0. The van der Waals surface area contributed by atoms with Gasteiger partial charge in [-0.25, -0.2) is 0 Å². The Kier molecular flexibility index (Phi) is 10.6. The predicted molar refractivity (Wildman–Crippen MR) is 88.5 cm³/mol. The lowest BCUT2D eigenvalue weighted by Crippen LogP contribution is -2.31. The maximum atomic E-state index is 11.6. The number of carbonyl (C=O) groups excluding carboxylic acids is 1.